The number of rotatable bonds is 3. The highest BCUT2D eigenvalue weighted by Gasteiger charge is 2.23. The molecule has 1 amide bonds. The summed E-state index contributed by atoms with van der Waals surface area (Å²) in [5, 5.41) is 14.5. The minimum absolute atomic E-state index is 0.0637. The fourth-order valence-electron chi connectivity index (χ4n) is 2.05. The number of amidine groups is 1. The summed E-state index contributed by atoms with van der Waals surface area (Å²) in [7, 11) is 0. The van der Waals surface area contributed by atoms with Gasteiger partial charge in [0.05, 0.1) is 5.69 Å². The average Bonchev–Trinajstić information content (AvgIpc) is 2.49. The van der Waals surface area contributed by atoms with Gasteiger partial charge in [-0.1, -0.05) is 21.1 Å². The molecule has 1 fully saturated rings. The van der Waals surface area contributed by atoms with Crippen LogP contribution in [0.25, 0.3) is 0 Å². The first kappa shape index (κ1) is 14.8. The van der Waals surface area contributed by atoms with Crippen LogP contribution in [0.15, 0.2) is 27.8 Å². The molecule has 4 N–H and O–H groups in total. The van der Waals surface area contributed by atoms with Gasteiger partial charge in [-0.3, -0.25) is 4.79 Å². The van der Waals surface area contributed by atoms with E-state index in [2.05, 4.69) is 26.4 Å². The van der Waals surface area contributed by atoms with Crippen LogP contribution in [0, 0.1) is 0 Å². The lowest BCUT2D eigenvalue weighted by atomic mass is 10.1. The van der Waals surface area contributed by atoms with Gasteiger partial charge in [-0.2, -0.15) is 0 Å². The molecule has 0 radical (unpaired) electrons. The van der Waals surface area contributed by atoms with Crippen LogP contribution >= 0.6 is 15.9 Å². The molecule has 1 aliphatic rings. The Balaban J connectivity index is 2.18. The number of hydrogen-bond acceptors (Lipinski definition) is 4. The Morgan fingerprint density at radius 3 is 2.95 bits per heavy atom. The van der Waals surface area contributed by atoms with Crippen LogP contribution in [-0.2, 0) is 9.53 Å². The molecule has 1 aliphatic heterocycles. The number of nitrogens with zero attached hydrogens (tertiary/aromatic N) is 1. The summed E-state index contributed by atoms with van der Waals surface area (Å²) < 4.78 is 6.20. The van der Waals surface area contributed by atoms with Crippen molar-refractivity contribution in [2.75, 3.05) is 11.9 Å². The molecular formula is C13H16BrN3O3. The van der Waals surface area contributed by atoms with Crippen LogP contribution in [0.4, 0.5) is 5.69 Å². The van der Waals surface area contributed by atoms with E-state index >= 15 is 0 Å². The van der Waals surface area contributed by atoms with E-state index < -0.39 is 6.10 Å². The quantitative estimate of drug-likeness (QED) is 0.339. The Morgan fingerprint density at radius 2 is 2.30 bits per heavy atom. The minimum Gasteiger partial charge on any atom is -0.409 e. The van der Waals surface area contributed by atoms with Gasteiger partial charge in [0.2, 0.25) is 0 Å². The maximum absolute atomic E-state index is 12.1. The molecule has 1 unspecified atom stereocenters. The lowest BCUT2D eigenvalue weighted by Crippen LogP contribution is -2.33. The number of amides is 1. The molecule has 1 aromatic carbocycles. The first-order valence-corrected chi connectivity index (χ1v) is 7.11. The van der Waals surface area contributed by atoms with Gasteiger partial charge >= 0.3 is 0 Å². The van der Waals surface area contributed by atoms with Crippen molar-refractivity contribution in [2.45, 2.75) is 25.4 Å². The largest absolute Gasteiger partial charge is 0.409 e. The average molecular weight is 342 g/mol. The number of halogens is 1. The predicted molar refractivity (Wildman–Crippen MR) is 78.9 cm³/mol. The third kappa shape index (κ3) is 3.49. The zero-order valence-corrected chi connectivity index (χ0v) is 12.4. The summed E-state index contributed by atoms with van der Waals surface area (Å²) in [6.45, 7) is 0.603. The number of nitrogens with two attached hydrogens (primary N) is 1. The second-order valence-electron chi connectivity index (χ2n) is 4.52. The molecule has 1 saturated heterocycles. The summed E-state index contributed by atoms with van der Waals surface area (Å²) >= 11 is 3.31. The van der Waals surface area contributed by atoms with Crippen LogP contribution < -0.4 is 11.1 Å². The Labute approximate surface area is 125 Å². The lowest BCUT2D eigenvalue weighted by molar-refractivity contribution is -0.129. The van der Waals surface area contributed by atoms with Crippen molar-refractivity contribution in [3.05, 3.63) is 28.2 Å². The second kappa shape index (κ2) is 6.71. The molecule has 1 heterocycles. The number of benzene rings is 1. The van der Waals surface area contributed by atoms with Gasteiger partial charge in [-0.05, 0) is 37.5 Å². The topological polar surface area (TPSA) is 96.9 Å². The van der Waals surface area contributed by atoms with Gasteiger partial charge in [0.25, 0.3) is 5.91 Å². The molecule has 0 saturated carbocycles. The molecule has 1 aromatic rings. The number of hydrogen-bond donors (Lipinski definition) is 3. The minimum atomic E-state index is -0.437. The summed E-state index contributed by atoms with van der Waals surface area (Å²) in [5.41, 5.74) is 6.55. The molecule has 1 atom stereocenters. The van der Waals surface area contributed by atoms with Gasteiger partial charge in [0.1, 0.15) is 6.10 Å². The van der Waals surface area contributed by atoms with Crippen LogP contribution in [0.1, 0.15) is 24.8 Å². The molecule has 0 bridgehead atoms. The van der Waals surface area contributed by atoms with Crippen LogP contribution in [-0.4, -0.2) is 29.7 Å². The molecule has 0 spiro atoms. The van der Waals surface area contributed by atoms with Crippen molar-refractivity contribution in [3.63, 3.8) is 0 Å². The van der Waals surface area contributed by atoms with Crippen LogP contribution in [0.3, 0.4) is 0 Å². The molecule has 20 heavy (non-hydrogen) atoms. The predicted octanol–water partition coefficient (Wildman–Crippen LogP) is 2.05. The highest BCUT2D eigenvalue weighted by atomic mass is 79.9. The maximum atomic E-state index is 12.1. The molecule has 0 aliphatic carbocycles. The van der Waals surface area contributed by atoms with E-state index in [9.17, 15) is 4.79 Å². The van der Waals surface area contributed by atoms with Gasteiger partial charge in [-0.15, -0.1) is 0 Å². The molecule has 108 valence electrons. The number of carbonyl (C=O) groups is 1. The first-order chi connectivity index (χ1) is 9.61. The molecule has 6 nitrogen and oxygen atoms in total. The SMILES string of the molecule is N/C(=N/O)c1cc(Br)ccc1NC(=O)C1CCCCO1. The third-order valence-electron chi connectivity index (χ3n) is 3.10. The number of anilines is 1. The van der Waals surface area contributed by atoms with Gasteiger partial charge < -0.3 is 21.0 Å². The van der Waals surface area contributed by atoms with E-state index in [1.165, 1.54) is 0 Å². The number of carbonyl (C=O) groups excluding carboxylic acids is 1. The number of oxime groups is 1. The number of ether oxygens (including phenoxy) is 1. The monoisotopic (exact) mass is 341 g/mol. The van der Waals surface area contributed by atoms with E-state index in [4.69, 9.17) is 15.7 Å². The third-order valence-corrected chi connectivity index (χ3v) is 3.59. The first-order valence-electron chi connectivity index (χ1n) is 6.31. The Hall–Kier alpha value is -1.60. The van der Waals surface area contributed by atoms with Crippen molar-refractivity contribution in [1.82, 2.24) is 0 Å². The lowest BCUT2D eigenvalue weighted by Gasteiger charge is -2.22. The highest BCUT2D eigenvalue weighted by molar-refractivity contribution is 9.10. The van der Waals surface area contributed by atoms with E-state index in [-0.39, 0.29) is 11.7 Å². The Bertz CT molecular complexity index is 528. The van der Waals surface area contributed by atoms with E-state index in [0.29, 0.717) is 24.3 Å². The standard InChI is InChI=1S/C13H16BrN3O3/c14-8-4-5-10(9(7-8)12(15)17-19)16-13(18)11-3-1-2-6-20-11/h4-5,7,11,19H,1-3,6H2,(H2,15,17)(H,16,18). The Morgan fingerprint density at radius 1 is 1.50 bits per heavy atom. The maximum Gasteiger partial charge on any atom is 0.253 e. The molecule has 2 rings (SSSR count). The summed E-state index contributed by atoms with van der Waals surface area (Å²) in [6, 6.07) is 5.13. The summed E-state index contributed by atoms with van der Waals surface area (Å²) in [4.78, 5) is 12.1. The van der Waals surface area contributed by atoms with Crippen LogP contribution in [0.5, 0.6) is 0 Å². The second-order valence-corrected chi connectivity index (χ2v) is 5.44. The Kier molecular flexibility index (Phi) is 4.97. The van der Waals surface area contributed by atoms with E-state index in [1.54, 1.807) is 18.2 Å². The van der Waals surface area contributed by atoms with E-state index in [1.807, 2.05) is 0 Å². The zero-order valence-electron chi connectivity index (χ0n) is 10.8. The molecular weight excluding hydrogens is 326 g/mol. The van der Waals surface area contributed by atoms with Crippen molar-refractivity contribution < 1.29 is 14.7 Å². The van der Waals surface area contributed by atoms with Crippen molar-refractivity contribution in [3.8, 4) is 0 Å². The van der Waals surface area contributed by atoms with Crippen molar-refractivity contribution in [1.29, 1.82) is 0 Å². The smallest absolute Gasteiger partial charge is 0.253 e. The van der Waals surface area contributed by atoms with Crippen LogP contribution in [0.2, 0.25) is 0 Å². The fourth-order valence-corrected chi connectivity index (χ4v) is 2.41. The van der Waals surface area contributed by atoms with Gasteiger partial charge in [-0.25, -0.2) is 0 Å². The highest BCUT2D eigenvalue weighted by Crippen LogP contribution is 2.22. The molecule has 7 heteroatoms. The normalized spacial score (nSPS) is 19.6. The zero-order chi connectivity index (χ0) is 14.5. The van der Waals surface area contributed by atoms with Gasteiger partial charge in [0.15, 0.2) is 5.84 Å². The number of nitrogens with one attached hydrogen (secondary N) is 1. The van der Waals surface area contributed by atoms with E-state index in [0.717, 1.165) is 17.3 Å². The van der Waals surface area contributed by atoms with Gasteiger partial charge in [0, 0.05) is 16.6 Å². The molecule has 0 aromatic heterocycles. The summed E-state index contributed by atoms with van der Waals surface area (Å²) in [5.74, 6) is -0.273. The van der Waals surface area contributed by atoms with Crippen molar-refractivity contribution >= 4 is 33.4 Å². The van der Waals surface area contributed by atoms with Crippen molar-refractivity contribution in [2.24, 2.45) is 10.9 Å². The summed E-state index contributed by atoms with van der Waals surface area (Å²) in [6.07, 6.45) is 2.23. The fraction of sp³-hybridized carbons (Fsp3) is 0.385.